The fourth-order valence-electron chi connectivity index (χ4n) is 2.92. The van der Waals surface area contributed by atoms with E-state index in [0.717, 1.165) is 21.3 Å². The molecule has 0 radical (unpaired) electrons. The molecule has 150 valence electrons. The van der Waals surface area contributed by atoms with Crippen LogP contribution in [0.2, 0.25) is 0 Å². The maximum atomic E-state index is 12.4. The highest BCUT2D eigenvalue weighted by Gasteiger charge is 2.16. The first kappa shape index (κ1) is 19.5. The van der Waals surface area contributed by atoms with E-state index in [0.29, 0.717) is 15.8 Å². The van der Waals surface area contributed by atoms with Gasteiger partial charge in [-0.25, -0.2) is 14.4 Å². The number of nitrogens with zero attached hydrogens (tertiary/aromatic N) is 4. The summed E-state index contributed by atoms with van der Waals surface area (Å²) in [5, 5.41) is 19.8. The lowest BCUT2D eigenvalue weighted by Crippen LogP contribution is -2.31. The van der Waals surface area contributed by atoms with Crippen molar-refractivity contribution in [1.82, 2.24) is 19.7 Å². The number of aromatic amines is 1. The molecule has 2 N–H and O–H groups in total. The Morgan fingerprint density at radius 2 is 1.87 bits per heavy atom. The zero-order chi connectivity index (χ0) is 21.3. The second-order valence-corrected chi connectivity index (χ2v) is 7.59. The van der Waals surface area contributed by atoms with Crippen molar-refractivity contribution in [2.45, 2.75) is 13.8 Å². The molecule has 0 atom stereocenters. The van der Waals surface area contributed by atoms with Crippen LogP contribution in [0.5, 0.6) is 5.88 Å². The molecular weight excluding hydrogens is 402 g/mol. The summed E-state index contributed by atoms with van der Waals surface area (Å²) >= 11 is 1.24. The van der Waals surface area contributed by atoms with Crippen molar-refractivity contribution in [2.24, 2.45) is 4.99 Å². The number of aryl methyl sites for hydroxylation is 2. The first-order valence-electron chi connectivity index (χ1n) is 9.03. The summed E-state index contributed by atoms with van der Waals surface area (Å²) in [5.74, 6) is -0.492. The van der Waals surface area contributed by atoms with E-state index in [1.165, 1.54) is 17.6 Å². The van der Waals surface area contributed by atoms with Crippen molar-refractivity contribution in [2.75, 3.05) is 0 Å². The second-order valence-electron chi connectivity index (χ2n) is 6.64. The highest BCUT2D eigenvalue weighted by Crippen LogP contribution is 2.28. The quantitative estimate of drug-likeness (QED) is 0.494. The van der Waals surface area contributed by atoms with Crippen LogP contribution in [-0.4, -0.2) is 31.1 Å². The van der Waals surface area contributed by atoms with Gasteiger partial charge < -0.3 is 5.11 Å². The molecule has 0 spiro atoms. The Morgan fingerprint density at radius 3 is 2.63 bits per heavy atom. The van der Waals surface area contributed by atoms with Crippen LogP contribution in [0.1, 0.15) is 16.7 Å². The van der Waals surface area contributed by atoms with Gasteiger partial charge >= 0.3 is 5.69 Å². The maximum Gasteiger partial charge on any atom is 0.335 e. The zero-order valence-electron chi connectivity index (χ0n) is 16.2. The SMILES string of the molecule is Cc1ccc(C)c(-n2c(O)c(C=Nc3nnc(-c4ccccc4)s3)c(=O)[nH]c2=O)c1. The van der Waals surface area contributed by atoms with Crippen LogP contribution in [0.15, 0.2) is 63.1 Å². The predicted octanol–water partition coefficient (Wildman–Crippen LogP) is 3.12. The Labute approximate surface area is 174 Å². The number of hydrogen-bond donors (Lipinski definition) is 2. The monoisotopic (exact) mass is 419 g/mol. The van der Waals surface area contributed by atoms with Gasteiger partial charge in [-0.15, -0.1) is 10.2 Å². The molecule has 0 unspecified atom stereocenters. The van der Waals surface area contributed by atoms with Crippen molar-refractivity contribution >= 4 is 22.7 Å². The van der Waals surface area contributed by atoms with Gasteiger partial charge in [0, 0.05) is 11.8 Å². The lowest BCUT2D eigenvalue weighted by molar-refractivity contribution is 0.430. The number of aromatic hydroxyl groups is 1. The molecule has 30 heavy (non-hydrogen) atoms. The Morgan fingerprint density at radius 1 is 1.10 bits per heavy atom. The van der Waals surface area contributed by atoms with Gasteiger partial charge in [-0.2, -0.15) is 0 Å². The van der Waals surface area contributed by atoms with E-state index < -0.39 is 17.1 Å². The summed E-state index contributed by atoms with van der Waals surface area (Å²) in [6.07, 6.45) is 1.19. The second kappa shape index (κ2) is 7.88. The molecule has 0 saturated carbocycles. The molecule has 0 aliphatic heterocycles. The minimum absolute atomic E-state index is 0.146. The van der Waals surface area contributed by atoms with Gasteiger partial charge in [0.25, 0.3) is 5.56 Å². The molecule has 0 aliphatic rings. The van der Waals surface area contributed by atoms with Crippen molar-refractivity contribution in [3.63, 3.8) is 0 Å². The average Bonchev–Trinajstić information content (AvgIpc) is 3.20. The first-order chi connectivity index (χ1) is 14.4. The van der Waals surface area contributed by atoms with Gasteiger partial charge in [0.1, 0.15) is 10.6 Å². The smallest absolute Gasteiger partial charge is 0.335 e. The maximum absolute atomic E-state index is 12.4. The van der Waals surface area contributed by atoms with Gasteiger partial charge in [0.15, 0.2) is 0 Å². The van der Waals surface area contributed by atoms with E-state index in [4.69, 9.17) is 0 Å². The number of aliphatic imine (C=N–C) groups is 1. The highest BCUT2D eigenvalue weighted by atomic mass is 32.1. The topological polar surface area (TPSA) is 113 Å². The Kier molecular flexibility index (Phi) is 5.11. The fraction of sp³-hybridized carbons (Fsp3) is 0.0952. The molecule has 4 rings (SSSR count). The van der Waals surface area contributed by atoms with Crippen molar-refractivity contribution < 1.29 is 5.11 Å². The third kappa shape index (κ3) is 3.70. The molecule has 9 heteroatoms. The summed E-state index contributed by atoms with van der Waals surface area (Å²) in [4.78, 5) is 31.1. The third-order valence-corrected chi connectivity index (χ3v) is 5.35. The molecule has 4 aromatic rings. The summed E-state index contributed by atoms with van der Waals surface area (Å²) in [5.41, 5.74) is 1.44. The van der Waals surface area contributed by atoms with Crippen LogP contribution in [-0.2, 0) is 0 Å². The summed E-state index contributed by atoms with van der Waals surface area (Å²) < 4.78 is 1.06. The third-order valence-electron chi connectivity index (χ3n) is 4.47. The number of aromatic nitrogens is 4. The number of nitrogens with one attached hydrogen (secondary N) is 1. The minimum atomic E-state index is -0.740. The normalized spacial score (nSPS) is 11.3. The molecule has 0 fully saturated rings. The Balaban J connectivity index is 1.75. The standard InChI is InChI=1S/C21H17N5O3S/c1-12-8-9-13(2)16(10-12)26-19(28)15(17(27)23-21(26)29)11-22-20-25-24-18(30-20)14-6-4-3-5-7-14/h3-11,28H,1-2H3,(H,23,27,29). The molecule has 8 nitrogen and oxygen atoms in total. The minimum Gasteiger partial charge on any atom is -0.493 e. The molecule has 2 aromatic heterocycles. The summed E-state index contributed by atoms with van der Waals surface area (Å²) in [6.45, 7) is 3.69. The Bertz CT molecular complexity index is 1370. The average molecular weight is 419 g/mol. The summed E-state index contributed by atoms with van der Waals surface area (Å²) in [6, 6.07) is 15.0. The van der Waals surface area contributed by atoms with Crippen molar-refractivity contribution in [3.05, 3.63) is 86.1 Å². The molecule has 2 aromatic carbocycles. The van der Waals surface area contributed by atoms with Crippen LogP contribution in [0, 0.1) is 13.8 Å². The fourth-order valence-corrected chi connectivity index (χ4v) is 3.62. The number of H-pyrrole nitrogens is 1. The van der Waals surface area contributed by atoms with E-state index in [1.54, 1.807) is 6.07 Å². The zero-order valence-corrected chi connectivity index (χ0v) is 17.0. The van der Waals surface area contributed by atoms with Crippen LogP contribution in [0.3, 0.4) is 0 Å². The van der Waals surface area contributed by atoms with Crippen LogP contribution in [0.25, 0.3) is 16.3 Å². The van der Waals surface area contributed by atoms with Crippen LogP contribution in [0.4, 0.5) is 5.13 Å². The number of hydrogen-bond acceptors (Lipinski definition) is 7. The van der Waals surface area contributed by atoms with Gasteiger partial charge in [-0.05, 0) is 31.0 Å². The molecule has 0 amide bonds. The number of rotatable bonds is 4. The van der Waals surface area contributed by atoms with Crippen LogP contribution < -0.4 is 11.2 Å². The largest absolute Gasteiger partial charge is 0.493 e. The van der Waals surface area contributed by atoms with E-state index in [9.17, 15) is 14.7 Å². The van der Waals surface area contributed by atoms with Crippen molar-refractivity contribution in [1.29, 1.82) is 0 Å². The van der Waals surface area contributed by atoms with Gasteiger partial charge in [0.2, 0.25) is 11.0 Å². The van der Waals surface area contributed by atoms with Crippen molar-refractivity contribution in [3.8, 4) is 22.1 Å². The molecular formula is C21H17N5O3S. The predicted molar refractivity (Wildman–Crippen MR) is 116 cm³/mol. The van der Waals surface area contributed by atoms with E-state index >= 15 is 0 Å². The molecule has 0 saturated heterocycles. The first-order valence-corrected chi connectivity index (χ1v) is 9.84. The number of benzene rings is 2. The van der Waals surface area contributed by atoms with Gasteiger partial charge in [0.05, 0.1) is 5.69 Å². The lowest BCUT2D eigenvalue weighted by atomic mass is 10.1. The molecule has 2 heterocycles. The van der Waals surface area contributed by atoms with E-state index in [1.807, 2.05) is 56.3 Å². The van der Waals surface area contributed by atoms with Crippen LogP contribution >= 0.6 is 11.3 Å². The van der Waals surface area contributed by atoms with Gasteiger partial charge in [-0.1, -0.05) is 53.8 Å². The molecule has 0 bridgehead atoms. The molecule has 0 aliphatic carbocycles. The van der Waals surface area contributed by atoms with E-state index in [-0.39, 0.29) is 5.56 Å². The highest BCUT2D eigenvalue weighted by molar-refractivity contribution is 7.18. The Hall–Kier alpha value is -3.85. The van der Waals surface area contributed by atoms with E-state index in [2.05, 4.69) is 20.2 Å². The summed E-state index contributed by atoms with van der Waals surface area (Å²) in [7, 11) is 0. The lowest BCUT2D eigenvalue weighted by Gasteiger charge is -2.12. The van der Waals surface area contributed by atoms with Gasteiger partial charge in [-0.3, -0.25) is 9.78 Å².